The Morgan fingerprint density at radius 1 is 1.40 bits per heavy atom. The van der Waals surface area contributed by atoms with Gasteiger partial charge in [-0.05, 0) is 24.8 Å². The van der Waals surface area contributed by atoms with Gasteiger partial charge in [0, 0.05) is 29.0 Å². The first-order valence-corrected chi connectivity index (χ1v) is 8.28. The molecule has 3 aromatic rings. The third-order valence-corrected chi connectivity index (χ3v) is 4.88. The molecule has 3 heterocycles. The summed E-state index contributed by atoms with van der Waals surface area (Å²) in [6.45, 7) is 2.96. The van der Waals surface area contributed by atoms with Crippen LogP contribution in [0.1, 0.15) is 17.5 Å². The number of nitrogens with zero attached hydrogens (tertiary/aromatic N) is 2. The van der Waals surface area contributed by atoms with Crippen LogP contribution in [0.3, 0.4) is 0 Å². The van der Waals surface area contributed by atoms with E-state index in [4.69, 9.17) is 4.74 Å². The van der Waals surface area contributed by atoms with Gasteiger partial charge in [0.1, 0.15) is 5.69 Å². The van der Waals surface area contributed by atoms with Gasteiger partial charge in [-0.1, -0.05) is 6.07 Å². The van der Waals surface area contributed by atoms with Gasteiger partial charge in [-0.2, -0.15) is 4.98 Å². The molecule has 3 rings (SSSR count). The van der Waals surface area contributed by atoms with E-state index < -0.39 is 0 Å². The van der Waals surface area contributed by atoms with Crippen LogP contribution in [0, 0.1) is 0 Å². The fraction of sp³-hybridized carbons (Fsp3) is 0.357. The third kappa shape index (κ3) is 2.72. The van der Waals surface area contributed by atoms with Gasteiger partial charge >= 0.3 is 0 Å². The molecule has 0 bridgehead atoms. The molecule has 20 heavy (non-hydrogen) atoms. The number of fused-ring (bicyclic) bond motifs is 1. The zero-order chi connectivity index (χ0) is 13.9. The minimum Gasteiger partial charge on any atom is -0.480 e. The number of hydrogen-bond donors (Lipinski definition) is 1. The van der Waals surface area contributed by atoms with Gasteiger partial charge in [0.15, 0.2) is 4.96 Å². The van der Waals surface area contributed by atoms with Crippen LogP contribution in [0.25, 0.3) is 4.96 Å². The number of hydrogen-bond acceptors (Lipinski definition) is 5. The van der Waals surface area contributed by atoms with Crippen molar-refractivity contribution in [3.05, 3.63) is 39.7 Å². The van der Waals surface area contributed by atoms with Gasteiger partial charge in [0.2, 0.25) is 5.88 Å². The van der Waals surface area contributed by atoms with Gasteiger partial charge in [-0.3, -0.25) is 4.40 Å². The van der Waals surface area contributed by atoms with Crippen molar-refractivity contribution in [2.45, 2.75) is 25.9 Å². The van der Waals surface area contributed by atoms with Crippen LogP contribution in [0.4, 0.5) is 0 Å². The molecule has 4 nitrogen and oxygen atoms in total. The molecular formula is C14H17N3OS2. The molecule has 0 amide bonds. The van der Waals surface area contributed by atoms with Crippen LogP contribution >= 0.6 is 22.7 Å². The Morgan fingerprint density at radius 2 is 2.30 bits per heavy atom. The van der Waals surface area contributed by atoms with Crippen LogP contribution in [0.15, 0.2) is 29.1 Å². The minimum atomic E-state index is 0.419. The zero-order valence-electron chi connectivity index (χ0n) is 11.5. The number of nitrogens with one attached hydrogen (secondary N) is 1. The second kappa shape index (κ2) is 5.95. The molecule has 0 saturated carbocycles. The number of aromatic nitrogens is 2. The Bertz CT molecular complexity index is 672. The molecule has 0 aliphatic rings. The number of imidazole rings is 1. The Morgan fingerprint density at radius 3 is 3.05 bits per heavy atom. The molecule has 106 valence electrons. The second-order valence-electron chi connectivity index (χ2n) is 4.69. The lowest BCUT2D eigenvalue weighted by Crippen LogP contribution is -2.27. The normalized spacial score (nSPS) is 12.9. The molecular weight excluding hydrogens is 290 g/mol. The van der Waals surface area contributed by atoms with E-state index in [9.17, 15) is 0 Å². The topological polar surface area (TPSA) is 38.6 Å². The maximum Gasteiger partial charge on any atom is 0.237 e. The standard InChI is InChI=1S/C14H17N3OS2/c1-10(8-11-4-3-6-19-11)15-9-12-13(18-2)16-14-17(12)5-7-20-14/h3-7,10,15H,8-9H2,1-2H3. The first-order valence-electron chi connectivity index (χ1n) is 6.52. The van der Waals surface area contributed by atoms with Crippen LogP contribution in [0.2, 0.25) is 0 Å². The maximum absolute atomic E-state index is 5.36. The lowest BCUT2D eigenvalue weighted by atomic mass is 10.2. The monoisotopic (exact) mass is 307 g/mol. The lowest BCUT2D eigenvalue weighted by molar-refractivity contribution is 0.391. The molecule has 0 radical (unpaired) electrons. The van der Waals surface area contributed by atoms with Crippen molar-refractivity contribution in [2.24, 2.45) is 0 Å². The van der Waals surface area contributed by atoms with Crippen LogP contribution in [-0.2, 0) is 13.0 Å². The molecule has 0 aliphatic carbocycles. The molecule has 6 heteroatoms. The van der Waals surface area contributed by atoms with E-state index in [0.29, 0.717) is 11.9 Å². The van der Waals surface area contributed by atoms with E-state index in [1.807, 2.05) is 11.6 Å². The number of thiophene rings is 1. The summed E-state index contributed by atoms with van der Waals surface area (Å²) < 4.78 is 7.46. The highest BCUT2D eigenvalue weighted by molar-refractivity contribution is 7.15. The molecule has 0 aliphatic heterocycles. The smallest absolute Gasteiger partial charge is 0.237 e. The molecule has 0 aromatic carbocycles. The van der Waals surface area contributed by atoms with Crippen molar-refractivity contribution in [3.63, 3.8) is 0 Å². The minimum absolute atomic E-state index is 0.419. The molecule has 3 aromatic heterocycles. The third-order valence-electron chi connectivity index (χ3n) is 3.22. The van der Waals surface area contributed by atoms with E-state index in [1.54, 1.807) is 29.8 Å². The molecule has 1 N–H and O–H groups in total. The Balaban J connectivity index is 1.68. The summed E-state index contributed by atoms with van der Waals surface area (Å²) in [7, 11) is 1.67. The lowest BCUT2D eigenvalue weighted by Gasteiger charge is -2.13. The summed E-state index contributed by atoms with van der Waals surface area (Å²) in [6, 6.07) is 4.70. The number of ether oxygens (including phenoxy) is 1. The fourth-order valence-electron chi connectivity index (χ4n) is 2.21. The van der Waals surface area contributed by atoms with E-state index in [0.717, 1.165) is 23.6 Å². The van der Waals surface area contributed by atoms with Gasteiger partial charge in [0.05, 0.1) is 7.11 Å². The Hall–Kier alpha value is -1.37. The van der Waals surface area contributed by atoms with Crippen molar-refractivity contribution < 1.29 is 4.74 Å². The number of thiazole rings is 1. The van der Waals surface area contributed by atoms with E-state index in [1.165, 1.54) is 4.88 Å². The average molecular weight is 307 g/mol. The summed E-state index contributed by atoms with van der Waals surface area (Å²) in [5.74, 6) is 0.715. The SMILES string of the molecule is COc1nc2sccn2c1CNC(C)Cc1cccs1. The quantitative estimate of drug-likeness (QED) is 0.760. The summed E-state index contributed by atoms with van der Waals surface area (Å²) >= 11 is 3.43. The van der Waals surface area contributed by atoms with Crippen molar-refractivity contribution >= 4 is 27.6 Å². The Labute approximate surface area is 126 Å². The summed E-state index contributed by atoms with van der Waals surface area (Å²) in [5.41, 5.74) is 1.08. The fourth-order valence-corrected chi connectivity index (χ4v) is 3.77. The largest absolute Gasteiger partial charge is 0.480 e. The van der Waals surface area contributed by atoms with Crippen molar-refractivity contribution in [2.75, 3.05) is 7.11 Å². The van der Waals surface area contributed by atoms with Crippen molar-refractivity contribution in [3.8, 4) is 5.88 Å². The first-order chi connectivity index (χ1) is 9.78. The molecule has 0 saturated heterocycles. The van der Waals surface area contributed by atoms with Crippen LogP contribution < -0.4 is 10.1 Å². The first kappa shape index (κ1) is 13.6. The average Bonchev–Trinajstić information content (AvgIpc) is 3.12. The zero-order valence-corrected chi connectivity index (χ0v) is 13.1. The predicted molar refractivity (Wildman–Crippen MR) is 83.9 cm³/mol. The van der Waals surface area contributed by atoms with Gasteiger partial charge < -0.3 is 10.1 Å². The molecule has 0 fully saturated rings. The summed E-state index contributed by atoms with van der Waals surface area (Å²) in [5, 5.41) is 7.71. The second-order valence-corrected chi connectivity index (χ2v) is 6.59. The predicted octanol–water partition coefficient (Wildman–Crippen LogP) is 3.19. The van der Waals surface area contributed by atoms with Gasteiger partial charge in [0.25, 0.3) is 0 Å². The number of rotatable bonds is 6. The highest BCUT2D eigenvalue weighted by Gasteiger charge is 2.14. The van der Waals surface area contributed by atoms with Gasteiger partial charge in [-0.15, -0.1) is 22.7 Å². The van der Waals surface area contributed by atoms with E-state index in [-0.39, 0.29) is 0 Å². The molecule has 0 spiro atoms. The van der Waals surface area contributed by atoms with Crippen molar-refractivity contribution in [1.29, 1.82) is 0 Å². The molecule has 1 atom stereocenters. The highest BCUT2D eigenvalue weighted by Crippen LogP contribution is 2.23. The maximum atomic E-state index is 5.36. The highest BCUT2D eigenvalue weighted by atomic mass is 32.1. The van der Waals surface area contributed by atoms with Crippen LogP contribution in [0.5, 0.6) is 5.88 Å². The molecule has 1 unspecified atom stereocenters. The van der Waals surface area contributed by atoms with Crippen LogP contribution in [-0.4, -0.2) is 22.5 Å². The number of methoxy groups -OCH3 is 1. The summed E-state index contributed by atoms with van der Waals surface area (Å²) in [6.07, 6.45) is 3.09. The van der Waals surface area contributed by atoms with Gasteiger partial charge in [-0.25, -0.2) is 0 Å². The summed E-state index contributed by atoms with van der Waals surface area (Å²) in [4.78, 5) is 6.85. The van der Waals surface area contributed by atoms with Crippen molar-refractivity contribution in [1.82, 2.24) is 14.7 Å². The Kier molecular flexibility index (Phi) is 4.05. The van der Waals surface area contributed by atoms with E-state index >= 15 is 0 Å². The van der Waals surface area contributed by atoms with E-state index in [2.05, 4.69) is 39.1 Å².